The van der Waals surface area contributed by atoms with E-state index in [0.29, 0.717) is 4.52 Å². The van der Waals surface area contributed by atoms with Gasteiger partial charge in [-0.15, -0.1) is 0 Å². The number of alkyl halides is 3. The molecule has 0 unspecified atom stereocenters. The van der Waals surface area contributed by atoms with Crippen LogP contribution in [-0.4, -0.2) is 26.0 Å². The molecule has 0 aromatic carbocycles. The van der Waals surface area contributed by atoms with Crippen LogP contribution in [0.2, 0.25) is 0 Å². The summed E-state index contributed by atoms with van der Waals surface area (Å²) in [6.07, 6.45) is -3.33. The van der Waals surface area contributed by atoms with Crippen LogP contribution in [-0.2, 0) is 6.18 Å². The van der Waals surface area contributed by atoms with Gasteiger partial charge in [-0.3, -0.25) is 4.79 Å². The van der Waals surface area contributed by atoms with Crippen molar-refractivity contribution in [3.63, 3.8) is 0 Å². The first-order chi connectivity index (χ1) is 11.5. The van der Waals surface area contributed by atoms with E-state index in [4.69, 9.17) is 4.42 Å². The third kappa shape index (κ3) is 3.49. The lowest BCUT2D eigenvalue weighted by Gasteiger charge is -2.19. The van der Waals surface area contributed by atoms with Gasteiger partial charge in [-0.05, 0) is 39.0 Å². The molecule has 0 saturated heterocycles. The fourth-order valence-corrected chi connectivity index (χ4v) is 2.24. The van der Waals surface area contributed by atoms with E-state index in [1.807, 2.05) is 0 Å². The Morgan fingerprint density at radius 1 is 1.24 bits per heavy atom. The molecule has 0 bridgehead atoms. The Balaban J connectivity index is 2.16. The first-order valence-corrected chi connectivity index (χ1v) is 7.39. The van der Waals surface area contributed by atoms with Crippen molar-refractivity contribution in [2.45, 2.75) is 32.5 Å². The molecule has 9 heteroatoms. The second kappa shape index (κ2) is 5.61. The Hall–Kier alpha value is -2.84. The molecular formula is C16H15F3N4O2. The summed E-state index contributed by atoms with van der Waals surface area (Å²) in [7, 11) is 0. The minimum atomic E-state index is -4.67. The highest BCUT2D eigenvalue weighted by Gasteiger charge is 2.36. The van der Waals surface area contributed by atoms with Gasteiger partial charge in [0.05, 0.1) is 6.26 Å². The monoisotopic (exact) mass is 352 g/mol. The van der Waals surface area contributed by atoms with Crippen molar-refractivity contribution in [1.82, 2.24) is 19.9 Å². The topological polar surface area (TPSA) is 72.4 Å². The van der Waals surface area contributed by atoms with Crippen molar-refractivity contribution < 1.29 is 22.4 Å². The molecule has 1 amide bonds. The van der Waals surface area contributed by atoms with Gasteiger partial charge in [0.15, 0.2) is 22.8 Å². The predicted octanol–water partition coefficient (Wildman–Crippen LogP) is 3.54. The number of amides is 1. The molecule has 0 aliphatic rings. The maximum atomic E-state index is 13.4. The average molecular weight is 352 g/mol. The molecule has 6 nitrogen and oxygen atoms in total. The van der Waals surface area contributed by atoms with Crippen LogP contribution in [0, 0.1) is 0 Å². The molecule has 3 aromatic rings. The molecule has 0 saturated carbocycles. The number of halogens is 3. The average Bonchev–Trinajstić information content (AvgIpc) is 3.12. The third-order valence-electron chi connectivity index (χ3n) is 3.21. The molecule has 0 fully saturated rings. The number of hydrogen-bond donors (Lipinski definition) is 1. The van der Waals surface area contributed by atoms with E-state index in [-0.39, 0.29) is 22.8 Å². The highest BCUT2D eigenvalue weighted by Crippen LogP contribution is 2.32. The highest BCUT2D eigenvalue weighted by atomic mass is 19.4. The molecule has 3 aromatic heterocycles. The zero-order valence-corrected chi connectivity index (χ0v) is 13.7. The molecule has 0 aliphatic heterocycles. The first kappa shape index (κ1) is 17.0. The number of carbonyl (C=O) groups is 1. The molecule has 0 spiro atoms. The smallest absolute Gasteiger partial charge is 0.433 e. The number of aromatic nitrogens is 3. The van der Waals surface area contributed by atoms with Gasteiger partial charge in [-0.1, -0.05) is 0 Å². The molecule has 25 heavy (non-hydrogen) atoms. The van der Waals surface area contributed by atoms with Gasteiger partial charge in [-0.25, -0.2) is 9.50 Å². The molecule has 3 rings (SSSR count). The molecule has 0 atom stereocenters. The van der Waals surface area contributed by atoms with Gasteiger partial charge in [0.25, 0.3) is 5.91 Å². The van der Waals surface area contributed by atoms with Crippen LogP contribution in [0.3, 0.4) is 0 Å². The summed E-state index contributed by atoms with van der Waals surface area (Å²) in [4.78, 5) is 16.3. The second-order valence-electron chi connectivity index (χ2n) is 6.51. The Morgan fingerprint density at radius 3 is 2.52 bits per heavy atom. The fourth-order valence-electron chi connectivity index (χ4n) is 2.24. The molecular weight excluding hydrogens is 337 g/mol. The van der Waals surface area contributed by atoms with Crippen LogP contribution in [0.5, 0.6) is 0 Å². The number of rotatable bonds is 2. The van der Waals surface area contributed by atoms with E-state index < -0.39 is 23.3 Å². The minimum Gasteiger partial charge on any atom is -0.463 e. The van der Waals surface area contributed by atoms with E-state index in [9.17, 15) is 18.0 Å². The number of nitrogens with one attached hydrogen (secondary N) is 1. The van der Waals surface area contributed by atoms with E-state index >= 15 is 0 Å². The van der Waals surface area contributed by atoms with Gasteiger partial charge in [0.2, 0.25) is 0 Å². The lowest BCUT2D eigenvalue weighted by atomic mass is 10.1. The summed E-state index contributed by atoms with van der Waals surface area (Å²) in [6, 6.07) is 5.10. The van der Waals surface area contributed by atoms with Crippen LogP contribution in [0.25, 0.3) is 17.1 Å². The number of fused-ring (bicyclic) bond motifs is 1. The summed E-state index contributed by atoms with van der Waals surface area (Å²) in [5.41, 5.74) is -1.83. The van der Waals surface area contributed by atoms with Crippen LogP contribution >= 0.6 is 0 Å². The standard InChI is InChI=1S/C16H15F3N4O2/c1-15(2,3)21-14(24)10-8-13-20-9(11-5-4-6-25-11)7-12(16(17,18)19)23(13)22-10/h4-8H,1-3H3,(H,21,24). The molecule has 3 heterocycles. The fraction of sp³-hybridized carbons (Fsp3) is 0.312. The van der Waals surface area contributed by atoms with Crippen LogP contribution in [0.4, 0.5) is 13.2 Å². The van der Waals surface area contributed by atoms with Crippen molar-refractivity contribution in [2.75, 3.05) is 0 Å². The van der Waals surface area contributed by atoms with Gasteiger partial charge >= 0.3 is 6.18 Å². The maximum absolute atomic E-state index is 13.4. The maximum Gasteiger partial charge on any atom is 0.433 e. The Labute approximate surface area is 140 Å². The van der Waals surface area contributed by atoms with E-state index in [2.05, 4.69) is 15.4 Å². The first-order valence-electron chi connectivity index (χ1n) is 7.39. The summed E-state index contributed by atoms with van der Waals surface area (Å²) >= 11 is 0. The van der Waals surface area contributed by atoms with Crippen molar-refractivity contribution in [3.8, 4) is 11.5 Å². The summed E-state index contributed by atoms with van der Waals surface area (Å²) in [5.74, 6) is -0.388. The summed E-state index contributed by atoms with van der Waals surface area (Å²) in [6.45, 7) is 5.28. The molecule has 132 valence electrons. The second-order valence-corrected chi connectivity index (χ2v) is 6.51. The van der Waals surface area contributed by atoms with Gasteiger partial charge < -0.3 is 9.73 Å². The van der Waals surface area contributed by atoms with Gasteiger partial charge in [0.1, 0.15) is 5.69 Å². The summed E-state index contributed by atoms with van der Waals surface area (Å²) < 4.78 is 45.9. The van der Waals surface area contributed by atoms with Crippen molar-refractivity contribution in [3.05, 3.63) is 41.9 Å². The largest absolute Gasteiger partial charge is 0.463 e. The quantitative estimate of drug-likeness (QED) is 0.766. The number of carbonyl (C=O) groups excluding carboxylic acids is 1. The number of hydrogen-bond acceptors (Lipinski definition) is 4. The van der Waals surface area contributed by atoms with Crippen molar-refractivity contribution >= 4 is 11.6 Å². The number of nitrogens with zero attached hydrogens (tertiary/aromatic N) is 3. The zero-order chi connectivity index (χ0) is 18.4. The minimum absolute atomic E-state index is 0.00695. The zero-order valence-electron chi connectivity index (χ0n) is 13.7. The van der Waals surface area contributed by atoms with Crippen LogP contribution in [0.1, 0.15) is 37.0 Å². The van der Waals surface area contributed by atoms with E-state index in [0.717, 1.165) is 6.07 Å². The molecule has 1 N–H and O–H groups in total. The van der Waals surface area contributed by atoms with E-state index in [1.54, 1.807) is 26.8 Å². The Kier molecular flexibility index (Phi) is 3.81. The summed E-state index contributed by atoms with van der Waals surface area (Å²) in [5, 5.41) is 6.43. The third-order valence-corrected chi connectivity index (χ3v) is 3.21. The molecule has 0 aliphatic carbocycles. The van der Waals surface area contributed by atoms with Gasteiger partial charge in [-0.2, -0.15) is 18.3 Å². The lowest BCUT2D eigenvalue weighted by Crippen LogP contribution is -2.40. The van der Waals surface area contributed by atoms with Crippen LogP contribution in [0.15, 0.2) is 34.9 Å². The van der Waals surface area contributed by atoms with Crippen molar-refractivity contribution in [2.24, 2.45) is 0 Å². The van der Waals surface area contributed by atoms with Crippen LogP contribution < -0.4 is 5.32 Å². The normalized spacial score (nSPS) is 12.6. The SMILES string of the molecule is CC(C)(C)NC(=O)c1cc2nc(-c3ccco3)cc(C(F)(F)F)n2n1. The Bertz CT molecular complexity index is 921. The predicted molar refractivity (Wildman–Crippen MR) is 82.9 cm³/mol. The van der Waals surface area contributed by atoms with Gasteiger partial charge in [0, 0.05) is 11.6 Å². The molecule has 0 radical (unpaired) electrons. The lowest BCUT2D eigenvalue weighted by molar-refractivity contribution is -0.142. The van der Waals surface area contributed by atoms with Crippen molar-refractivity contribution in [1.29, 1.82) is 0 Å². The number of furan rings is 1. The highest BCUT2D eigenvalue weighted by molar-refractivity contribution is 5.93. The Morgan fingerprint density at radius 2 is 1.96 bits per heavy atom. The van der Waals surface area contributed by atoms with E-state index in [1.165, 1.54) is 18.4 Å².